The Labute approximate surface area is 89.5 Å². The zero-order chi connectivity index (χ0) is 9.97. The van der Waals surface area contributed by atoms with Gasteiger partial charge in [0, 0.05) is 5.56 Å². The molecule has 0 aliphatic heterocycles. The molecule has 5 heteroatoms. The number of benzene rings is 1. The van der Waals surface area contributed by atoms with Crippen molar-refractivity contribution in [3.05, 3.63) is 45.9 Å². The Hall–Kier alpha value is -1.26. The maximum atomic E-state index is 11.8. The second-order valence-corrected chi connectivity index (χ2v) is 3.78. The van der Waals surface area contributed by atoms with Gasteiger partial charge >= 0.3 is 0 Å². The predicted octanol–water partition coefficient (Wildman–Crippen LogP) is 2.42. The highest BCUT2D eigenvalue weighted by molar-refractivity contribution is 7.08. The molecule has 1 aromatic heterocycles. The standard InChI is InChI=1S/C9H5ClN2OS/c10-7-4-2-1-3-6(7)9(13)8-5-11-12-14-8/h1-5H. The predicted molar refractivity (Wildman–Crippen MR) is 54.8 cm³/mol. The highest BCUT2D eigenvalue weighted by Gasteiger charge is 2.13. The van der Waals surface area contributed by atoms with Crippen LogP contribution in [-0.4, -0.2) is 15.4 Å². The summed E-state index contributed by atoms with van der Waals surface area (Å²) in [6, 6.07) is 6.92. The lowest BCUT2D eigenvalue weighted by Gasteiger charge is -1.98. The van der Waals surface area contributed by atoms with Gasteiger partial charge in [-0.25, -0.2) is 0 Å². The lowest BCUT2D eigenvalue weighted by molar-refractivity contribution is 0.104. The molecule has 0 aliphatic rings. The van der Waals surface area contributed by atoms with Gasteiger partial charge < -0.3 is 0 Å². The Morgan fingerprint density at radius 3 is 2.79 bits per heavy atom. The second kappa shape index (κ2) is 3.86. The highest BCUT2D eigenvalue weighted by atomic mass is 35.5. The molecule has 0 atom stereocenters. The van der Waals surface area contributed by atoms with Crippen molar-refractivity contribution < 1.29 is 4.79 Å². The number of hydrogen-bond donors (Lipinski definition) is 0. The van der Waals surface area contributed by atoms with Crippen LogP contribution in [0.2, 0.25) is 5.02 Å². The Morgan fingerprint density at radius 1 is 1.36 bits per heavy atom. The lowest BCUT2D eigenvalue weighted by atomic mass is 10.1. The van der Waals surface area contributed by atoms with E-state index in [2.05, 4.69) is 9.59 Å². The summed E-state index contributed by atoms with van der Waals surface area (Å²) in [7, 11) is 0. The van der Waals surface area contributed by atoms with Crippen LogP contribution >= 0.6 is 23.1 Å². The number of nitrogens with zero attached hydrogens (tertiary/aromatic N) is 2. The lowest BCUT2D eigenvalue weighted by Crippen LogP contribution is -1.98. The monoisotopic (exact) mass is 224 g/mol. The molecule has 0 bridgehead atoms. The van der Waals surface area contributed by atoms with Crippen LogP contribution in [-0.2, 0) is 0 Å². The summed E-state index contributed by atoms with van der Waals surface area (Å²) >= 11 is 6.94. The third-order valence-electron chi connectivity index (χ3n) is 1.70. The highest BCUT2D eigenvalue weighted by Crippen LogP contribution is 2.19. The molecule has 0 saturated heterocycles. The molecule has 2 aromatic rings. The molecule has 1 heterocycles. The van der Waals surface area contributed by atoms with Crippen molar-refractivity contribution in [3.63, 3.8) is 0 Å². The van der Waals surface area contributed by atoms with E-state index >= 15 is 0 Å². The molecular formula is C9H5ClN2OS. The van der Waals surface area contributed by atoms with Crippen LogP contribution in [0.1, 0.15) is 15.2 Å². The molecule has 0 aliphatic carbocycles. The van der Waals surface area contributed by atoms with Gasteiger partial charge in [0.2, 0.25) is 5.78 Å². The zero-order valence-electron chi connectivity index (χ0n) is 6.98. The number of hydrogen-bond acceptors (Lipinski definition) is 4. The van der Waals surface area contributed by atoms with Gasteiger partial charge in [-0.1, -0.05) is 28.2 Å². The summed E-state index contributed by atoms with van der Waals surface area (Å²) in [5.74, 6) is -0.134. The summed E-state index contributed by atoms with van der Waals surface area (Å²) < 4.78 is 3.63. The average molecular weight is 225 g/mol. The van der Waals surface area contributed by atoms with Gasteiger partial charge in [-0.05, 0) is 23.7 Å². The SMILES string of the molecule is O=C(c1cnns1)c1ccccc1Cl. The molecule has 0 N–H and O–H groups in total. The minimum atomic E-state index is -0.134. The number of carbonyl (C=O) groups excluding carboxylic acids is 1. The van der Waals surface area contributed by atoms with Crippen LogP contribution in [0, 0.1) is 0 Å². The first-order valence-electron chi connectivity index (χ1n) is 3.85. The smallest absolute Gasteiger partial charge is 0.207 e. The number of carbonyl (C=O) groups is 1. The molecule has 0 saturated carbocycles. The maximum absolute atomic E-state index is 11.8. The molecule has 0 spiro atoms. The van der Waals surface area contributed by atoms with Gasteiger partial charge in [-0.3, -0.25) is 4.79 Å². The summed E-state index contributed by atoms with van der Waals surface area (Å²) in [6.07, 6.45) is 1.44. The van der Waals surface area contributed by atoms with E-state index in [-0.39, 0.29) is 5.78 Å². The average Bonchev–Trinajstić information content (AvgIpc) is 2.70. The van der Waals surface area contributed by atoms with E-state index in [9.17, 15) is 4.79 Å². The van der Waals surface area contributed by atoms with E-state index in [0.717, 1.165) is 11.5 Å². The van der Waals surface area contributed by atoms with Crippen molar-refractivity contribution in [2.45, 2.75) is 0 Å². The second-order valence-electron chi connectivity index (χ2n) is 2.59. The van der Waals surface area contributed by atoms with Crippen LogP contribution in [0.4, 0.5) is 0 Å². The number of aromatic nitrogens is 2. The summed E-state index contributed by atoms with van der Waals surface area (Å²) in [6.45, 7) is 0. The quantitative estimate of drug-likeness (QED) is 0.736. The fourth-order valence-corrected chi connectivity index (χ4v) is 1.74. The fraction of sp³-hybridized carbons (Fsp3) is 0. The molecule has 0 fully saturated rings. The molecule has 0 amide bonds. The maximum Gasteiger partial charge on any atom is 0.207 e. The minimum absolute atomic E-state index is 0.134. The van der Waals surface area contributed by atoms with Gasteiger partial charge in [0.05, 0.1) is 11.2 Å². The van der Waals surface area contributed by atoms with Crippen molar-refractivity contribution in [2.24, 2.45) is 0 Å². The van der Waals surface area contributed by atoms with E-state index in [1.54, 1.807) is 24.3 Å². The summed E-state index contributed by atoms with van der Waals surface area (Å²) in [5.41, 5.74) is 0.486. The van der Waals surface area contributed by atoms with Crippen LogP contribution in [0.3, 0.4) is 0 Å². The fourth-order valence-electron chi connectivity index (χ4n) is 1.05. The van der Waals surface area contributed by atoms with Gasteiger partial charge in [-0.15, -0.1) is 5.10 Å². The van der Waals surface area contributed by atoms with Crippen molar-refractivity contribution in [2.75, 3.05) is 0 Å². The Balaban J connectivity index is 2.42. The van der Waals surface area contributed by atoms with E-state index < -0.39 is 0 Å². The molecule has 2 rings (SSSR count). The Morgan fingerprint density at radius 2 is 2.14 bits per heavy atom. The normalized spacial score (nSPS) is 10.1. The first-order valence-corrected chi connectivity index (χ1v) is 5.01. The van der Waals surface area contributed by atoms with Gasteiger partial charge in [0.1, 0.15) is 4.88 Å². The van der Waals surface area contributed by atoms with Crippen LogP contribution in [0.5, 0.6) is 0 Å². The molecule has 70 valence electrons. The van der Waals surface area contributed by atoms with Gasteiger partial charge in [0.15, 0.2) is 0 Å². The van der Waals surface area contributed by atoms with Crippen LogP contribution in [0.25, 0.3) is 0 Å². The van der Waals surface area contributed by atoms with E-state index in [1.807, 2.05) is 0 Å². The first-order chi connectivity index (χ1) is 6.79. The van der Waals surface area contributed by atoms with Gasteiger partial charge in [-0.2, -0.15) is 0 Å². The van der Waals surface area contributed by atoms with Gasteiger partial charge in [0.25, 0.3) is 0 Å². The van der Waals surface area contributed by atoms with Crippen molar-refractivity contribution in [1.82, 2.24) is 9.59 Å². The van der Waals surface area contributed by atoms with Crippen molar-refractivity contribution >= 4 is 28.9 Å². The molecule has 0 radical (unpaired) electrons. The van der Waals surface area contributed by atoms with E-state index in [0.29, 0.717) is 15.5 Å². The number of halogens is 1. The third-order valence-corrected chi connectivity index (χ3v) is 2.70. The first kappa shape index (κ1) is 9.30. The number of rotatable bonds is 2. The van der Waals surface area contributed by atoms with Crippen LogP contribution < -0.4 is 0 Å². The van der Waals surface area contributed by atoms with E-state index in [4.69, 9.17) is 11.6 Å². The zero-order valence-corrected chi connectivity index (χ0v) is 8.55. The Bertz CT molecular complexity index is 456. The topological polar surface area (TPSA) is 42.9 Å². The summed E-state index contributed by atoms with van der Waals surface area (Å²) in [4.78, 5) is 12.3. The molecule has 3 nitrogen and oxygen atoms in total. The molecule has 14 heavy (non-hydrogen) atoms. The third kappa shape index (κ3) is 1.66. The molecular weight excluding hydrogens is 220 g/mol. The Kier molecular flexibility index (Phi) is 2.56. The summed E-state index contributed by atoms with van der Waals surface area (Å²) in [5, 5.41) is 4.05. The van der Waals surface area contributed by atoms with Crippen molar-refractivity contribution in [1.29, 1.82) is 0 Å². The molecule has 0 unspecified atom stereocenters. The number of ketones is 1. The van der Waals surface area contributed by atoms with E-state index in [1.165, 1.54) is 6.20 Å². The molecule has 1 aromatic carbocycles. The van der Waals surface area contributed by atoms with Crippen LogP contribution in [0.15, 0.2) is 30.5 Å². The van der Waals surface area contributed by atoms with Crippen molar-refractivity contribution in [3.8, 4) is 0 Å². The minimum Gasteiger partial charge on any atom is -0.288 e. The largest absolute Gasteiger partial charge is 0.288 e.